The summed E-state index contributed by atoms with van der Waals surface area (Å²) in [5.41, 5.74) is 3.43. The van der Waals surface area contributed by atoms with Gasteiger partial charge >= 0.3 is 0 Å². The zero-order chi connectivity index (χ0) is 19.9. The highest BCUT2D eigenvalue weighted by atomic mass is 16.5. The van der Waals surface area contributed by atoms with E-state index in [0.717, 1.165) is 17.7 Å². The van der Waals surface area contributed by atoms with E-state index in [1.165, 1.54) is 0 Å². The van der Waals surface area contributed by atoms with Gasteiger partial charge in [0, 0.05) is 17.4 Å². The first-order valence-electron chi connectivity index (χ1n) is 9.11. The van der Waals surface area contributed by atoms with Gasteiger partial charge in [-0.15, -0.1) is 0 Å². The van der Waals surface area contributed by atoms with Gasteiger partial charge in [0.25, 0.3) is 5.91 Å². The molecule has 2 aromatic carbocycles. The summed E-state index contributed by atoms with van der Waals surface area (Å²) in [5, 5.41) is 18.8. The molecular formula is C22H22N4O2. The molecule has 28 heavy (non-hydrogen) atoms. The standard InChI is InChI=1S/C22H22N4O2/c1-15(2)9-19-12-21(26-25-19)22(27)24-18-7-4-8-20(11-18)28-14-17-6-3-5-16(10-17)13-23/h3-8,10-12,15H,9,14H2,1-2H3,(H,24,27)(H,25,26). The van der Waals surface area contributed by atoms with Gasteiger partial charge in [0.2, 0.25) is 0 Å². The van der Waals surface area contributed by atoms with E-state index >= 15 is 0 Å². The Morgan fingerprint density at radius 1 is 1.21 bits per heavy atom. The molecule has 0 saturated carbocycles. The Morgan fingerprint density at radius 3 is 2.82 bits per heavy atom. The van der Waals surface area contributed by atoms with E-state index in [0.29, 0.717) is 35.2 Å². The fourth-order valence-electron chi connectivity index (χ4n) is 2.78. The SMILES string of the molecule is CC(C)Cc1cc(C(=O)Nc2cccc(OCc3cccc(C#N)c3)c2)n[nH]1. The molecular weight excluding hydrogens is 352 g/mol. The van der Waals surface area contributed by atoms with Gasteiger partial charge in [-0.05, 0) is 48.2 Å². The molecule has 1 amide bonds. The minimum Gasteiger partial charge on any atom is -0.489 e. The van der Waals surface area contributed by atoms with Gasteiger partial charge in [-0.3, -0.25) is 9.89 Å². The number of anilines is 1. The van der Waals surface area contributed by atoms with Gasteiger partial charge in [0.15, 0.2) is 5.69 Å². The van der Waals surface area contributed by atoms with Crippen molar-refractivity contribution < 1.29 is 9.53 Å². The summed E-state index contributed by atoms with van der Waals surface area (Å²) in [6.45, 7) is 4.57. The quantitative estimate of drug-likeness (QED) is 0.645. The first-order chi connectivity index (χ1) is 13.5. The number of nitriles is 1. The van der Waals surface area contributed by atoms with Crippen LogP contribution in [0, 0.1) is 17.2 Å². The number of carbonyl (C=O) groups is 1. The number of H-pyrrole nitrogens is 1. The highest BCUT2D eigenvalue weighted by Gasteiger charge is 2.12. The van der Waals surface area contributed by atoms with Gasteiger partial charge in [-0.2, -0.15) is 10.4 Å². The minimum absolute atomic E-state index is 0.273. The number of aromatic amines is 1. The van der Waals surface area contributed by atoms with Crippen LogP contribution in [0.1, 0.15) is 41.2 Å². The van der Waals surface area contributed by atoms with Crippen LogP contribution in [0.2, 0.25) is 0 Å². The molecule has 0 bridgehead atoms. The van der Waals surface area contributed by atoms with E-state index in [1.54, 1.807) is 30.3 Å². The molecule has 142 valence electrons. The van der Waals surface area contributed by atoms with Crippen LogP contribution in [0.25, 0.3) is 0 Å². The zero-order valence-electron chi connectivity index (χ0n) is 15.9. The summed E-state index contributed by atoms with van der Waals surface area (Å²) in [4.78, 5) is 12.4. The van der Waals surface area contributed by atoms with Crippen LogP contribution in [-0.4, -0.2) is 16.1 Å². The van der Waals surface area contributed by atoms with Gasteiger partial charge in [-0.1, -0.05) is 32.0 Å². The van der Waals surface area contributed by atoms with Crippen LogP contribution in [-0.2, 0) is 13.0 Å². The fraction of sp³-hybridized carbons (Fsp3) is 0.227. The number of ether oxygens (including phenoxy) is 1. The third-order valence-electron chi connectivity index (χ3n) is 4.05. The molecule has 1 aromatic heterocycles. The first kappa shape index (κ1) is 19.2. The maximum atomic E-state index is 12.4. The second-order valence-corrected chi connectivity index (χ2v) is 6.96. The number of amides is 1. The lowest BCUT2D eigenvalue weighted by Gasteiger charge is -2.09. The van der Waals surface area contributed by atoms with Crippen molar-refractivity contribution in [3.63, 3.8) is 0 Å². The average molecular weight is 374 g/mol. The Morgan fingerprint density at radius 2 is 2.04 bits per heavy atom. The van der Waals surface area contributed by atoms with Gasteiger partial charge in [0.1, 0.15) is 12.4 Å². The van der Waals surface area contributed by atoms with Gasteiger partial charge in [0.05, 0.1) is 11.6 Å². The number of aromatic nitrogens is 2. The summed E-state index contributed by atoms with van der Waals surface area (Å²) in [5.74, 6) is 0.840. The summed E-state index contributed by atoms with van der Waals surface area (Å²) in [6.07, 6.45) is 0.844. The maximum Gasteiger partial charge on any atom is 0.276 e. The lowest BCUT2D eigenvalue weighted by Crippen LogP contribution is -2.12. The Hall–Kier alpha value is -3.59. The van der Waals surface area contributed by atoms with E-state index in [2.05, 4.69) is 35.4 Å². The minimum atomic E-state index is -0.273. The Balaban J connectivity index is 1.62. The van der Waals surface area contributed by atoms with Gasteiger partial charge < -0.3 is 10.1 Å². The third-order valence-corrected chi connectivity index (χ3v) is 4.05. The fourth-order valence-corrected chi connectivity index (χ4v) is 2.78. The number of rotatable bonds is 7. The molecule has 0 saturated heterocycles. The molecule has 0 unspecified atom stereocenters. The lowest BCUT2D eigenvalue weighted by atomic mass is 10.1. The molecule has 6 nitrogen and oxygen atoms in total. The summed E-state index contributed by atoms with van der Waals surface area (Å²) in [7, 11) is 0. The molecule has 0 aliphatic carbocycles. The van der Waals surface area contributed by atoms with Gasteiger partial charge in [-0.25, -0.2) is 0 Å². The van der Waals surface area contributed by atoms with Crippen LogP contribution in [0.15, 0.2) is 54.6 Å². The Kier molecular flexibility index (Phi) is 6.07. The Bertz CT molecular complexity index is 1000. The third kappa shape index (κ3) is 5.21. The predicted molar refractivity (Wildman–Crippen MR) is 107 cm³/mol. The number of hydrogen-bond acceptors (Lipinski definition) is 4. The average Bonchev–Trinajstić information content (AvgIpc) is 3.15. The van der Waals surface area contributed by atoms with E-state index in [-0.39, 0.29) is 5.91 Å². The van der Waals surface area contributed by atoms with E-state index in [4.69, 9.17) is 10.00 Å². The highest BCUT2D eigenvalue weighted by molar-refractivity contribution is 6.03. The monoisotopic (exact) mass is 374 g/mol. The second-order valence-electron chi connectivity index (χ2n) is 6.96. The Labute approximate surface area is 164 Å². The molecule has 0 aliphatic heterocycles. The van der Waals surface area contributed by atoms with Crippen LogP contribution in [0.4, 0.5) is 5.69 Å². The number of benzene rings is 2. The number of nitrogens with zero attached hydrogens (tertiary/aromatic N) is 2. The van der Waals surface area contributed by atoms with Crippen molar-refractivity contribution >= 4 is 11.6 Å². The summed E-state index contributed by atoms with van der Waals surface area (Å²) >= 11 is 0. The maximum absolute atomic E-state index is 12.4. The van der Waals surface area contributed by atoms with Crippen molar-refractivity contribution in [1.82, 2.24) is 10.2 Å². The van der Waals surface area contributed by atoms with Crippen LogP contribution >= 0.6 is 0 Å². The normalized spacial score (nSPS) is 10.5. The summed E-state index contributed by atoms with van der Waals surface area (Å²) < 4.78 is 5.78. The topological polar surface area (TPSA) is 90.8 Å². The number of nitrogens with one attached hydrogen (secondary N) is 2. The molecule has 0 fully saturated rings. The number of hydrogen-bond donors (Lipinski definition) is 2. The summed E-state index contributed by atoms with van der Waals surface area (Å²) in [6, 6.07) is 18.3. The molecule has 2 N–H and O–H groups in total. The van der Waals surface area contributed by atoms with Crippen molar-refractivity contribution in [3.05, 3.63) is 77.1 Å². The molecule has 0 spiro atoms. The van der Waals surface area contributed by atoms with Crippen LogP contribution in [0.3, 0.4) is 0 Å². The van der Waals surface area contributed by atoms with Crippen LogP contribution in [0.5, 0.6) is 5.75 Å². The van der Waals surface area contributed by atoms with Crippen molar-refractivity contribution in [2.75, 3.05) is 5.32 Å². The van der Waals surface area contributed by atoms with Crippen molar-refractivity contribution in [2.24, 2.45) is 5.92 Å². The van der Waals surface area contributed by atoms with Crippen molar-refractivity contribution in [3.8, 4) is 11.8 Å². The highest BCUT2D eigenvalue weighted by Crippen LogP contribution is 2.20. The van der Waals surface area contributed by atoms with Crippen LogP contribution < -0.4 is 10.1 Å². The molecule has 3 rings (SSSR count). The molecule has 1 heterocycles. The van der Waals surface area contributed by atoms with Crippen molar-refractivity contribution in [2.45, 2.75) is 26.9 Å². The molecule has 0 radical (unpaired) electrons. The zero-order valence-corrected chi connectivity index (χ0v) is 15.9. The van der Waals surface area contributed by atoms with Crippen molar-refractivity contribution in [1.29, 1.82) is 5.26 Å². The second kappa shape index (κ2) is 8.87. The molecule has 0 aliphatic rings. The first-order valence-corrected chi connectivity index (χ1v) is 9.11. The largest absolute Gasteiger partial charge is 0.489 e. The van der Waals surface area contributed by atoms with E-state index < -0.39 is 0 Å². The molecule has 6 heteroatoms. The smallest absolute Gasteiger partial charge is 0.276 e. The lowest BCUT2D eigenvalue weighted by molar-refractivity contribution is 0.102. The number of carbonyl (C=O) groups excluding carboxylic acids is 1. The molecule has 3 aromatic rings. The van der Waals surface area contributed by atoms with E-state index in [1.807, 2.05) is 24.3 Å². The molecule has 0 atom stereocenters. The van der Waals surface area contributed by atoms with E-state index in [9.17, 15) is 4.79 Å². The predicted octanol–water partition coefficient (Wildman–Crippen LogP) is 4.31.